The molecule has 1 saturated carbocycles. The molecule has 39 heavy (non-hydrogen) atoms. The van der Waals surface area contributed by atoms with Gasteiger partial charge in [0.2, 0.25) is 5.91 Å². The van der Waals surface area contributed by atoms with Crippen molar-refractivity contribution in [3.05, 3.63) is 90.0 Å². The molecule has 1 aliphatic rings. The fourth-order valence-corrected chi connectivity index (χ4v) is 4.17. The zero-order valence-electron chi connectivity index (χ0n) is 22.0. The molecule has 1 fully saturated rings. The molecule has 0 atom stereocenters. The van der Waals surface area contributed by atoms with Gasteiger partial charge < -0.3 is 10.6 Å². The van der Waals surface area contributed by atoms with Crippen LogP contribution < -0.4 is 10.6 Å². The molecule has 0 aliphatic heterocycles. The van der Waals surface area contributed by atoms with Crippen molar-refractivity contribution in [3.8, 4) is 28.5 Å². The lowest BCUT2D eigenvalue weighted by atomic mass is 9.87. The van der Waals surface area contributed by atoms with Gasteiger partial charge >= 0.3 is 0 Å². The Bertz CT molecular complexity index is 1620. The van der Waals surface area contributed by atoms with Crippen molar-refractivity contribution < 1.29 is 9.59 Å². The van der Waals surface area contributed by atoms with Gasteiger partial charge in [-0.3, -0.25) is 19.6 Å². The van der Waals surface area contributed by atoms with Gasteiger partial charge in [-0.15, -0.1) is 0 Å². The lowest BCUT2D eigenvalue weighted by Gasteiger charge is -2.16. The number of anilines is 2. The highest BCUT2D eigenvalue weighted by Gasteiger charge is 2.29. The second kappa shape index (κ2) is 10.5. The number of benzene rings is 1. The van der Waals surface area contributed by atoms with E-state index in [-0.39, 0.29) is 17.7 Å². The number of rotatable bonds is 7. The minimum absolute atomic E-state index is 0.00660. The Kier molecular flexibility index (Phi) is 6.90. The predicted octanol–water partition coefficient (Wildman–Crippen LogP) is 5.92. The monoisotopic (exact) mass is 516 g/mol. The normalized spacial score (nSPS) is 12.9. The van der Waals surface area contributed by atoms with Gasteiger partial charge in [0.05, 0.1) is 22.7 Å². The van der Waals surface area contributed by atoms with E-state index in [4.69, 9.17) is 0 Å². The minimum atomic E-state index is -0.752. The van der Waals surface area contributed by atoms with Gasteiger partial charge in [0, 0.05) is 42.0 Å². The Balaban J connectivity index is 1.38. The third-order valence-electron chi connectivity index (χ3n) is 6.82. The molecule has 2 N–H and O–H groups in total. The summed E-state index contributed by atoms with van der Waals surface area (Å²) in [4.78, 5) is 38.2. The zero-order chi connectivity index (χ0) is 27.6. The molecule has 194 valence electrons. The molecule has 8 heteroatoms. The Labute approximate surface area is 227 Å². The van der Waals surface area contributed by atoms with E-state index in [9.17, 15) is 14.9 Å². The fourth-order valence-electron chi connectivity index (χ4n) is 4.17. The summed E-state index contributed by atoms with van der Waals surface area (Å²) in [6.07, 6.45) is 8.36. The minimum Gasteiger partial charge on any atom is -0.322 e. The molecule has 8 nitrogen and oxygen atoms in total. The third-order valence-corrected chi connectivity index (χ3v) is 6.82. The van der Waals surface area contributed by atoms with Crippen LogP contribution in [-0.4, -0.2) is 26.8 Å². The highest BCUT2D eigenvalue weighted by atomic mass is 16.2. The first-order chi connectivity index (χ1) is 18.7. The number of nitriles is 1. The van der Waals surface area contributed by atoms with Gasteiger partial charge in [0.25, 0.3) is 5.91 Å². The number of aromatic nitrogens is 3. The number of nitrogens with one attached hydrogen (secondary N) is 2. The van der Waals surface area contributed by atoms with E-state index >= 15 is 0 Å². The van der Waals surface area contributed by atoms with E-state index in [2.05, 4.69) is 31.7 Å². The van der Waals surface area contributed by atoms with Crippen molar-refractivity contribution in [1.82, 2.24) is 15.0 Å². The number of amides is 2. The van der Waals surface area contributed by atoms with Gasteiger partial charge in [-0.05, 0) is 98.3 Å². The number of aryl methyl sites for hydroxylation is 1. The van der Waals surface area contributed by atoms with Crippen LogP contribution in [-0.2, 0) is 10.2 Å². The number of hydrogen-bond donors (Lipinski definition) is 2. The van der Waals surface area contributed by atoms with Crippen LogP contribution in [0.2, 0.25) is 0 Å². The molecule has 3 aromatic heterocycles. The van der Waals surface area contributed by atoms with E-state index in [1.165, 1.54) is 6.20 Å². The van der Waals surface area contributed by atoms with Crippen LogP contribution in [0.4, 0.5) is 11.5 Å². The fraction of sp³-hybridized carbons (Fsp3) is 0.226. The molecule has 5 rings (SSSR count). The molecule has 2 amide bonds. The van der Waals surface area contributed by atoms with E-state index in [0.717, 1.165) is 40.8 Å². The maximum absolute atomic E-state index is 13.0. The standard InChI is InChI=1S/C31H28N6O2/c1-19-4-7-25(36-30(39)23-12-24(17-33-16-23)31(2,3)18-32)15-26(19)21-8-10-34-27(13-21)22-9-11-35-28(14-22)37-29(38)20-5-6-20/h4,7-17,20H,5-6H2,1-3H3,(H,36,39)(H,35,37,38). The Morgan fingerprint density at radius 2 is 1.72 bits per heavy atom. The van der Waals surface area contributed by atoms with Gasteiger partial charge in [0.1, 0.15) is 5.82 Å². The Morgan fingerprint density at radius 1 is 0.949 bits per heavy atom. The van der Waals surface area contributed by atoms with E-state index in [0.29, 0.717) is 22.6 Å². The molecule has 1 aromatic carbocycles. The molecule has 0 saturated heterocycles. The summed E-state index contributed by atoms with van der Waals surface area (Å²) in [7, 11) is 0. The first-order valence-electron chi connectivity index (χ1n) is 12.8. The lowest BCUT2D eigenvalue weighted by Crippen LogP contribution is -2.17. The van der Waals surface area contributed by atoms with E-state index in [1.807, 2.05) is 49.4 Å². The second-order valence-corrected chi connectivity index (χ2v) is 10.3. The summed E-state index contributed by atoms with van der Waals surface area (Å²) >= 11 is 0. The number of nitrogens with zero attached hydrogens (tertiary/aromatic N) is 4. The van der Waals surface area contributed by atoms with Gasteiger partial charge in [0.15, 0.2) is 0 Å². The molecular formula is C31H28N6O2. The lowest BCUT2D eigenvalue weighted by molar-refractivity contribution is -0.117. The molecule has 0 bridgehead atoms. The summed E-state index contributed by atoms with van der Waals surface area (Å²) in [6, 6.07) is 17.3. The number of hydrogen-bond acceptors (Lipinski definition) is 6. The van der Waals surface area contributed by atoms with Crippen LogP contribution in [0.15, 0.2) is 73.3 Å². The van der Waals surface area contributed by atoms with Crippen LogP contribution in [0.5, 0.6) is 0 Å². The SMILES string of the molecule is Cc1ccc(NC(=O)c2cncc(C(C)(C)C#N)c2)cc1-c1ccnc(-c2ccnc(NC(=O)C3CC3)c2)c1. The summed E-state index contributed by atoms with van der Waals surface area (Å²) in [6.45, 7) is 5.59. The van der Waals surface area contributed by atoms with Gasteiger partial charge in [-0.2, -0.15) is 5.26 Å². The quantitative estimate of drug-likeness (QED) is 0.315. The van der Waals surface area contributed by atoms with Crippen molar-refractivity contribution >= 4 is 23.3 Å². The summed E-state index contributed by atoms with van der Waals surface area (Å²) in [5.74, 6) is 0.305. The highest BCUT2D eigenvalue weighted by molar-refractivity contribution is 6.04. The topological polar surface area (TPSA) is 121 Å². The average molecular weight is 517 g/mol. The summed E-state index contributed by atoms with van der Waals surface area (Å²) in [5.41, 5.74) is 5.46. The van der Waals surface area contributed by atoms with Crippen LogP contribution in [0.25, 0.3) is 22.4 Å². The Morgan fingerprint density at radius 3 is 2.49 bits per heavy atom. The van der Waals surface area contributed by atoms with E-state index < -0.39 is 5.41 Å². The number of carbonyl (C=O) groups is 2. The maximum Gasteiger partial charge on any atom is 0.257 e. The molecular weight excluding hydrogens is 488 g/mol. The van der Waals surface area contributed by atoms with Crippen molar-refractivity contribution in [3.63, 3.8) is 0 Å². The van der Waals surface area contributed by atoms with E-state index in [1.54, 1.807) is 38.5 Å². The molecule has 0 radical (unpaired) electrons. The summed E-state index contributed by atoms with van der Waals surface area (Å²) in [5, 5.41) is 15.3. The summed E-state index contributed by atoms with van der Waals surface area (Å²) < 4.78 is 0. The zero-order valence-corrected chi connectivity index (χ0v) is 22.0. The number of pyridine rings is 3. The van der Waals surface area contributed by atoms with Gasteiger partial charge in [-0.25, -0.2) is 4.98 Å². The van der Waals surface area contributed by atoms with Crippen molar-refractivity contribution in [2.75, 3.05) is 10.6 Å². The van der Waals surface area contributed by atoms with Crippen LogP contribution in [0.3, 0.4) is 0 Å². The van der Waals surface area contributed by atoms with Crippen molar-refractivity contribution in [1.29, 1.82) is 5.26 Å². The predicted molar refractivity (Wildman–Crippen MR) is 150 cm³/mol. The first kappa shape index (κ1) is 25.7. The van der Waals surface area contributed by atoms with Crippen molar-refractivity contribution in [2.45, 2.75) is 39.0 Å². The molecule has 1 aliphatic carbocycles. The number of carbonyl (C=O) groups excluding carboxylic acids is 2. The second-order valence-electron chi connectivity index (χ2n) is 10.3. The first-order valence-corrected chi connectivity index (χ1v) is 12.8. The van der Waals surface area contributed by atoms with Crippen LogP contribution >= 0.6 is 0 Å². The highest BCUT2D eigenvalue weighted by Crippen LogP contribution is 2.32. The van der Waals surface area contributed by atoms with Crippen molar-refractivity contribution in [2.24, 2.45) is 5.92 Å². The van der Waals surface area contributed by atoms with Crippen LogP contribution in [0, 0.1) is 24.2 Å². The largest absolute Gasteiger partial charge is 0.322 e. The molecule has 3 heterocycles. The molecule has 4 aromatic rings. The van der Waals surface area contributed by atoms with Gasteiger partial charge in [-0.1, -0.05) is 6.07 Å². The Hall–Kier alpha value is -4.90. The average Bonchev–Trinajstić information content (AvgIpc) is 3.80. The molecule has 0 spiro atoms. The van der Waals surface area contributed by atoms with Crippen LogP contribution in [0.1, 0.15) is 48.2 Å². The third kappa shape index (κ3) is 5.83. The maximum atomic E-state index is 13.0. The smallest absolute Gasteiger partial charge is 0.257 e. The molecule has 0 unspecified atom stereocenters.